The van der Waals surface area contributed by atoms with Crippen LogP contribution in [0.5, 0.6) is 17.2 Å². The molecule has 0 aromatic heterocycles. The number of aryl methyl sites for hydroxylation is 2. The number of ether oxygens (including phenoxy) is 3. The van der Waals surface area contributed by atoms with Gasteiger partial charge in [0.05, 0.1) is 4.92 Å². The lowest BCUT2D eigenvalue weighted by molar-refractivity contribution is -0.384. The number of nitro groups is 1. The van der Waals surface area contributed by atoms with E-state index in [1.165, 1.54) is 18.2 Å². The van der Waals surface area contributed by atoms with Crippen molar-refractivity contribution in [1.29, 1.82) is 0 Å². The molecule has 7 heteroatoms. The zero-order valence-electron chi connectivity index (χ0n) is 13.0. The molecule has 0 atom stereocenters. The van der Waals surface area contributed by atoms with Gasteiger partial charge in [-0.2, -0.15) is 0 Å². The molecule has 1 heterocycles. The number of fused-ring (bicyclic) bond motifs is 1. The van der Waals surface area contributed by atoms with Gasteiger partial charge in [-0.25, -0.2) is 0 Å². The van der Waals surface area contributed by atoms with Gasteiger partial charge in [-0.1, -0.05) is 6.07 Å². The van der Waals surface area contributed by atoms with Crippen LogP contribution < -0.4 is 14.2 Å². The lowest BCUT2D eigenvalue weighted by Crippen LogP contribution is -2.10. The van der Waals surface area contributed by atoms with Gasteiger partial charge in [-0.3, -0.25) is 14.9 Å². The summed E-state index contributed by atoms with van der Waals surface area (Å²) in [7, 11) is 0. The zero-order valence-corrected chi connectivity index (χ0v) is 13.0. The second-order valence-corrected chi connectivity index (χ2v) is 5.37. The van der Waals surface area contributed by atoms with Crippen LogP contribution in [0.3, 0.4) is 0 Å². The Labute approximate surface area is 137 Å². The van der Waals surface area contributed by atoms with Crippen LogP contribution in [0.15, 0.2) is 36.4 Å². The van der Waals surface area contributed by atoms with Crippen molar-refractivity contribution in [3.8, 4) is 17.2 Å². The molecule has 1 aliphatic rings. The van der Waals surface area contributed by atoms with Crippen LogP contribution in [0.2, 0.25) is 0 Å². The Morgan fingerprint density at radius 2 is 2.00 bits per heavy atom. The normalized spacial score (nSPS) is 12.0. The monoisotopic (exact) mass is 329 g/mol. The van der Waals surface area contributed by atoms with Crippen LogP contribution >= 0.6 is 0 Å². The first-order valence-electron chi connectivity index (χ1n) is 7.37. The molecule has 0 N–H and O–H groups in total. The molecule has 0 fully saturated rings. The van der Waals surface area contributed by atoms with E-state index in [9.17, 15) is 14.9 Å². The Balaban J connectivity index is 1.59. The Kier molecular flexibility index (Phi) is 4.33. The number of non-ortho nitro benzene ring substituents is 1. The van der Waals surface area contributed by atoms with Crippen LogP contribution in [0.1, 0.15) is 17.5 Å². The predicted octanol–water partition coefficient (Wildman–Crippen LogP) is 3.17. The lowest BCUT2D eigenvalue weighted by Gasteiger charge is -2.07. The first-order valence-corrected chi connectivity index (χ1v) is 7.37. The number of carbonyl (C=O) groups excluding carboxylic acids is 1. The highest BCUT2D eigenvalue weighted by molar-refractivity contribution is 5.73. The van der Waals surface area contributed by atoms with Gasteiger partial charge in [-0.15, -0.1) is 0 Å². The van der Waals surface area contributed by atoms with E-state index in [2.05, 4.69) is 0 Å². The van der Waals surface area contributed by atoms with E-state index in [1.54, 1.807) is 6.92 Å². The summed E-state index contributed by atoms with van der Waals surface area (Å²) in [6.45, 7) is 1.87. The van der Waals surface area contributed by atoms with E-state index in [4.69, 9.17) is 14.2 Å². The molecule has 3 rings (SSSR count). The van der Waals surface area contributed by atoms with Crippen molar-refractivity contribution in [3.63, 3.8) is 0 Å². The number of benzene rings is 2. The van der Waals surface area contributed by atoms with Gasteiger partial charge in [-0.05, 0) is 42.7 Å². The Morgan fingerprint density at radius 1 is 1.21 bits per heavy atom. The first kappa shape index (κ1) is 15.8. The van der Waals surface area contributed by atoms with Crippen LogP contribution in [0, 0.1) is 17.0 Å². The minimum Gasteiger partial charge on any atom is -0.454 e. The van der Waals surface area contributed by atoms with Crippen LogP contribution in [0.25, 0.3) is 0 Å². The van der Waals surface area contributed by atoms with Crippen molar-refractivity contribution in [1.82, 2.24) is 0 Å². The Morgan fingerprint density at radius 3 is 2.75 bits per heavy atom. The standard InChI is InChI=1S/C17H15NO6/c1-11-8-13(18(20)21)4-6-14(11)24-17(19)7-3-12-2-5-15-16(9-12)23-10-22-15/h2,4-6,8-9H,3,7,10H2,1H3. The van der Waals surface area contributed by atoms with Crippen molar-refractivity contribution in [3.05, 3.63) is 57.6 Å². The van der Waals surface area contributed by atoms with Crippen LogP contribution in [-0.4, -0.2) is 17.7 Å². The van der Waals surface area contributed by atoms with E-state index in [0.29, 0.717) is 29.2 Å². The second kappa shape index (κ2) is 6.57. The van der Waals surface area contributed by atoms with Gasteiger partial charge in [0.1, 0.15) is 5.75 Å². The molecule has 2 aromatic rings. The third-order valence-electron chi connectivity index (χ3n) is 3.65. The molecule has 1 aliphatic heterocycles. The third kappa shape index (κ3) is 3.45. The summed E-state index contributed by atoms with van der Waals surface area (Å²) < 4.78 is 15.8. The van der Waals surface area contributed by atoms with Crippen molar-refractivity contribution < 1.29 is 23.9 Å². The number of hydrogen-bond acceptors (Lipinski definition) is 6. The van der Waals surface area contributed by atoms with Crippen LogP contribution in [0.4, 0.5) is 5.69 Å². The topological polar surface area (TPSA) is 87.9 Å². The molecule has 0 spiro atoms. The molecule has 0 amide bonds. The Bertz CT molecular complexity index is 802. The summed E-state index contributed by atoms with van der Waals surface area (Å²) in [5.74, 6) is 1.30. The number of esters is 1. The summed E-state index contributed by atoms with van der Waals surface area (Å²) in [4.78, 5) is 22.2. The maximum Gasteiger partial charge on any atom is 0.311 e. The minimum absolute atomic E-state index is 0.0346. The fourth-order valence-corrected chi connectivity index (χ4v) is 2.38. The Hall–Kier alpha value is -3.09. The van der Waals surface area contributed by atoms with E-state index in [0.717, 1.165) is 5.56 Å². The van der Waals surface area contributed by atoms with Gasteiger partial charge in [0, 0.05) is 18.6 Å². The molecule has 7 nitrogen and oxygen atoms in total. The van der Waals surface area contributed by atoms with E-state index >= 15 is 0 Å². The van der Waals surface area contributed by atoms with Crippen molar-refractivity contribution in [2.24, 2.45) is 0 Å². The van der Waals surface area contributed by atoms with Crippen molar-refractivity contribution in [2.45, 2.75) is 19.8 Å². The average Bonchev–Trinajstić information content (AvgIpc) is 3.02. The summed E-state index contributed by atoms with van der Waals surface area (Å²) in [5.41, 5.74) is 1.45. The SMILES string of the molecule is Cc1cc([N+](=O)[O-])ccc1OC(=O)CCc1ccc2c(c1)OCO2. The first-order chi connectivity index (χ1) is 11.5. The van der Waals surface area contributed by atoms with Crippen molar-refractivity contribution in [2.75, 3.05) is 6.79 Å². The molecule has 0 aliphatic carbocycles. The maximum absolute atomic E-state index is 12.0. The smallest absolute Gasteiger partial charge is 0.311 e. The quantitative estimate of drug-likeness (QED) is 0.362. The minimum atomic E-state index is -0.488. The maximum atomic E-state index is 12.0. The highest BCUT2D eigenvalue weighted by Gasteiger charge is 2.15. The largest absolute Gasteiger partial charge is 0.454 e. The summed E-state index contributed by atoms with van der Waals surface area (Å²) in [6.07, 6.45) is 0.692. The van der Waals surface area contributed by atoms with E-state index < -0.39 is 10.9 Å². The molecular formula is C17H15NO6. The van der Waals surface area contributed by atoms with Crippen molar-refractivity contribution >= 4 is 11.7 Å². The average molecular weight is 329 g/mol. The third-order valence-corrected chi connectivity index (χ3v) is 3.65. The number of nitro benzene ring substituents is 1. The second-order valence-electron chi connectivity index (χ2n) is 5.37. The number of hydrogen-bond donors (Lipinski definition) is 0. The highest BCUT2D eigenvalue weighted by Crippen LogP contribution is 2.32. The number of carbonyl (C=O) groups is 1. The van der Waals surface area contributed by atoms with Gasteiger partial charge in [0.2, 0.25) is 6.79 Å². The fraction of sp³-hybridized carbons (Fsp3) is 0.235. The summed E-state index contributed by atoms with van der Waals surface area (Å²) in [5, 5.41) is 10.7. The summed E-state index contributed by atoms with van der Waals surface area (Å²) in [6, 6.07) is 9.65. The molecule has 2 aromatic carbocycles. The highest BCUT2D eigenvalue weighted by atomic mass is 16.7. The molecule has 0 saturated carbocycles. The summed E-state index contributed by atoms with van der Waals surface area (Å²) >= 11 is 0. The van der Waals surface area contributed by atoms with Crippen LogP contribution in [-0.2, 0) is 11.2 Å². The molecule has 0 saturated heterocycles. The zero-order chi connectivity index (χ0) is 17.1. The molecule has 0 bridgehead atoms. The molecule has 0 radical (unpaired) electrons. The number of rotatable bonds is 5. The van der Waals surface area contributed by atoms with E-state index in [-0.39, 0.29) is 18.9 Å². The fourth-order valence-electron chi connectivity index (χ4n) is 2.38. The molecule has 124 valence electrons. The lowest BCUT2D eigenvalue weighted by atomic mass is 10.1. The van der Waals surface area contributed by atoms with Gasteiger partial charge >= 0.3 is 5.97 Å². The molecule has 24 heavy (non-hydrogen) atoms. The van der Waals surface area contributed by atoms with Gasteiger partial charge in [0.15, 0.2) is 11.5 Å². The predicted molar refractivity (Wildman–Crippen MR) is 84.4 cm³/mol. The van der Waals surface area contributed by atoms with Gasteiger partial charge < -0.3 is 14.2 Å². The molecule has 0 unspecified atom stereocenters. The van der Waals surface area contributed by atoms with Gasteiger partial charge in [0.25, 0.3) is 5.69 Å². The number of nitrogens with zero attached hydrogens (tertiary/aromatic N) is 1. The van der Waals surface area contributed by atoms with E-state index in [1.807, 2.05) is 18.2 Å². The molecular weight excluding hydrogens is 314 g/mol.